The molecule has 27 heavy (non-hydrogen) atoms. The van der Waals surface area contributed by atoms with Gasteiger partial charge in [-0.3, -0.25) is 9.59 Å². The summed E-state index contributed by atoms with van der Waals surface area (Å²) in [6, 6.07) is 14.8. The number of hydrogen-bond acceptors (Lipinski definition) is 4. The Labute approximate surface area is 160 Å². The molecule has 0 saturated heterocycles. The van der Waals surface area contributed by atoms with Gasteiger partial charge in [-0.1, -0.05) is 24.3 Å². The summed E-state index contributed by atoms with van der Waals surface area (Å²) in [6.45, 7) is 1.83. The van der Waals surface area contributed by atoms with Gasteiger partial charge in [-0.15, -0.1) is 0 Å². The Balaban J connectivity index is 1.83. The zero-order valence-corrected chi connectivity index (χ0v) is 16.1. The SMILES string of the molecule is CNCCN(C)C(=O)c1ccc(CNC(=O)Cc2ccc(OC)cc2)cc1. The molecule has 6 heteroatoms. The molecule has 0 aliphatic rings. The monoisotopic (exact) mass is 369 g/mol. The Bertz CT molecular complexity index is 742. The average molecular weight is 369 g/mol. The molecule has 2 aromatic rings. The summed E-state index contributed by atoms with van der Waals surface area (Å²) >= 11 is 0. The van der Waals surface area contributed by atoms with Crippen molar-refractivity contribution in [3.8, 4) is 5.75 Å². The third-order valence-corrected chi connectivity index (χ3v) is 4.26. The predicted molar refractivity (Wildman–Crippen MR) is 106 cm³/mol. The van der Waals surface area contributed by atoms with E-state index in [0.29, 0.717) is 25.1 Å². The molecule has 144 valence electrons. The summed E-state index contributed by atoms with van der Waals surface area (Å²) in [5, 5.41) is 5.93. The van der Waals surface area contributed by atoms with Crippen LogP contribution in [0.5, 0.6) is 5.75 Å². The van der Waals surface area contributed by atoms with E-state index in [0.717, 1.165) is 23.4 Å². The molecule has 0 bridgehead atoms. The second-order valence-corrected chi connectivity index (χ2v) is 6.33. The van der Waals surface area contributed by atoms with Gasteiger partial charge < -0.3 is 20.3 Å². The lowest BCUT2D eigenvalue weighted by Crippen LogP contribution is -2.32. The summed E-state index contributed by atoms with van der Waals surface area (Å²) in [4.78, 5) is 26.1. The van der Waals surface area contributed by atoms with Gasteiger partial charge in [0.15, 0.2) is 0 Å². The molecule has 0 aliphatic heterocycles. The average Bonchev–Trinajstić information content (AvgIpc) is 2.71. The lowest BCUT2D eigenvalue weighted by molar-refractivity contribution is -0.120. The molecule has 0 fully saturated rings. The molecule has 0 unspecified atom stereocenters. The van der Waals surface area contributed by atoms with Crippen LogP contribution in [0, 0.1) is 0 Å². The number of rotatable bonds is 9. The van der Waals surface area contributed by atoms with E-state index in [1.807, 2.05) is 43.4 Å². The Kier molecular flexibility index (Phi) is 7.82. The van der Waals surface area contributed by atoms with Crippen molar-refractivity contribution in [3.63, 3.8) is 0 Å². The van der Waals surface area contributed by atoms with Crippen molar-refractivity contribution in [1.29, 1.82) is 0 Å². The first-order chi connectivity index (χ1) is 13.0. The molecule has 0 heterocycles. The molecule has 2 N–H and O–H groups in total. The number of nitrogens with zero attached hydrogens (tertiary/aromatic N) is 1. The van der Waals surface area contributed by atoms with Crippen LogP contribution in [0.15, 0.2) is 48.5 Å². The van der Waals surface area contributed by atoms with Crippen molar-refractivity contribution in [3.05, 3.63) is 65.2 Å². The van der Waals surface area contributed by atoms with E-state index < -0.39 is 0 Å². The van der Waals surface area contributed by atoms with Crippen LogP contribution in [0.25, 0.3) is 0 Å². The number of carbonyl (C=O) groups excluding carboxylic acids is 2. The Morgan fingerprint density at radius 2 is 1.63 bits per heavy atom. The molecule has 0 aliphatic carbocycles. The fourth-order valence-electron chi connectivity index (χ4n) is 2.56. The molecule has 0 saturated carbocycles. The number of benzene rings is 2. The zero-order valence-electron chi connectivity index (χ0n) is 16.1. The highest BCUT2D eigenvalue weighted by molar-refractivity contribution is 5.94. The van der Waals surface area contributed by atoms with E-state index in [2.05, 4.69) is 10.6 Å². The first kappa shape index (κ1) is 20.5. The molecule has 6 nitrogen and oxygen atoms in total. The maximum Gasteiger partial charge on any atom is 0.253 e. The van der Waals surface area contributed by atoms with Gasteiger partial charge in [0, 0.05) is 32.2 Å². The van der Waals surface area contributed by atoms with Crippen LogP contribution in [0.2, 0.25) is 0 Å². The summed E-state index contributed by atoms with van der Waals surface area (Å²) in [6.07, 6.45) is 0.316. The lowest BCUT2D eigenvalue weighted by atomic mass is 10.1. The van der Waals surface area contributed by atoms with Crippen molar-refractivity contribution in [2.45, 2.75) is 13.0 Å². The Morgan fingerprint density at radius 3 is 2.22 bits per heavy atom. The fraction of sp³-hybridized carbons (Fsp3) is 0.333. The van der Waals surface area contributed by atoms with Gasteiger partial charge in [-0.25, -0.2) is 0 Å². The van der Waals surface area contributed by atoms with E-state index in [-0.39, 0.29) is 11.8 Å². The quantitative estimate of drug-likeness (QED) is 0.708. The Hall–Kier alpha value is -2.86. The topological polar surface area (TPSA) is 70.7 Å². The van der Waals surface area contributed by atoms with Gasteiger partial charge >= 0.3 is 0 Å². The van der Waals surface area contributed by atoms with Crippen molar-refractivity contribution in [2.24, 2.45) is 0 Å². The highest BCUT2D eigenvalue weighted by Gasteiger charge is 2.11. The normalized spacial score (nSPS) is 10.3. The highest BCUT2D eigenvalue weighted by Crippen LogP contribution is 2.12. The summed E-state index contributed by atoms with van der Waals surface area (Å²) in [5.74, 6) is 0.706. The minimum atomic E-state index is -0.0490. The number of nitrogens with one attached hydrogen (secondary N) is 2. The summed E-state index contributed by atoms with van der Waals surface area (Å²) in [7, 11) is 5.25. The second-order valence-electron chi connectivity index (χ2n) is 6.33. The molecular formula is C21H27N3O3. The van der Waals surface area contributed by atoms with Gasteiger partial charge in [0.25, 0.3) is 5.91 Å². The van der Waals surface area contributed by atoms with E-state index in [1.165, 1.54) is 0 Å². The van der Waals surface area contributed by atoms with E-state index in [1.54, 1.807) is 31.2 Å². The summed E-state index contributed by atoms with van der Waals surface area (Å²) < 4.78 is 5.11. The molecule has 0 spiro atoms. The van der Waals surface area contributed by atoms with Crippen molar-refractivity contribution >= 4 is 11.8 Å². The standard InChI is InChI=1S/C21H27N3O3/c1-22-12-13-24(2)21(26)18-8-4-17(5-9-18)15-23-20(25)14-16-6-10-19(27-3)11-7-16/h4-11,22H,12-15H2,1-3H3,(H,23,25). The van der Waals surface area contributed by atoms with E-state index in [4.69, 9.17) is 4.74 Å². The predicted octanol–water partition coefficient (Wildman–Crippen LogP) is 1.85. The maximum atomic E-state index is 12.3. The Morgan fingerprint density at radius 1 is 1.00 bits per heavy atom. The molecule has 0 aromatic heterocycles. The van der Waals surface area contributed by atoms with Crippen LogP contribution in [-0.4, -0.2) is 51.0 Å². The molecule has 2 aromatic carbocycles. The van der Waals surface area contributed by atoms with Gasteiger partial charge in [0.05, 0.1) is 13.5 Å². The largest absolute Gasteiger partial charge is 0.497 e. The van der Waals surface area contributed by atoms with Crippen LogP contribution in [0.1, 0.15) is 21.5 Å². The third-order valence-electron chi connectivity index (χ3n) is 4.26. The number of methoxy groups -OCH3 is 1. The molecule has 0 atom stereocenters. The number of hydrogen-bond donors (Lipinski definition) is 2. The van der Waals surface area contributed by atoms with Crippen LogP contribution >= 0.6 is 0 Å². The lowest BCUT2D eigenvalue weighted by Gasteiger charge is -2.17. The third kappa shape index (κ3) is 6.42. The van der Waals surface area contributed by atoms with Crippen LogP contribution in [0.3, 0.4) is 0 Å². The maximum absolute atomic E-state index is 12.3. The van der Waals surface area contributed by atoms with Gasteiger partial charge in [0.2, 0.25) is 5.91 Å². The number of carbonyl (C=O) groups is 2. The fourth-order valence-corrected chi connectivity index (χ4v) is 2.56. The minimum absolute atomic E-state index is 0.0136. The minimum Gasteiger partial charge on any atom is -0.497 e. The van der Waals surface area contributed by atoms with Gasteiger partial charge in [0.1, 0.15) is 5.75 Å². The van der Waals surface area contributed by atoms with Crippen LogP contribution in [0.4, 0.5) is 0 Å². The number of amides is 2. The summed E-state index contributed by atoms with van der Waals surface area (Å²) in [5.41, 5.74) is 2.52. The molecule has 0 radical (unpaired) electrons. The molecule has 2 amide bonds. The first-order valence-corrected chi connectivity index (χ1v) is 8.92. The molecule has 2 rings (SSSR count). The second kappa shape index (κ2) is 10.3. The van der Waals surface area contributed by atoms with Crippen molar-refractivity contribution in [1.82, 2.24) is 15.5 Å². The van der Waals surface area contributed by atoms with Crippen molar-refractivity contribution < 1.29 is 14.3 Å². The molecular weight excluding hydrogens is 342 g/mol. The van der Waals surface area contributed by atoms with Crippen LogP contribution < -0.4 is 15.4 Å². The van der Waals surface area contributed by atoms with Crippen molar-refractivity contribution in [2.75, 3.05) is 34.3 Å². The van der Waals surface area contributed by atoms with Gasteiger partial charge in [-0.2, -0.15) is 0 Å². The first-order valence-electron chi connectivity index (χ1n) is 8.92. The van der Waals surface area contributed by atoms with Crippen LogP contribution in [-0.2, 0) is 17.8 Å². The highest BCUT2D eigenvalue weighted by atomic mass is 16.5. The zero-order chi connectivity index (χ0) is 19.6. The van der Waals surface area contributed by atoms with Gasteiger partial charge in [-0.05, 0) is 42.4 Å². The number of ether oxygens (including phenoxy) is 1. The van der Waals surface area contributed by atoms with E-state index in [9.17, 15) is 9.59 Å². The van der Waals surface area contributed by atoms with E-state index >= 15 is 0 Å². The number of likely N-dealkylation sites (N-methyl/N-ethyl adjacent to an activating group) is 2. The smallest absolute Gasteiger partial charge is 0.253 e.